The SMILES string of the molecule is CCC(NC(=O)N1CCc2c(cccc2NC(C)=O)C1)C(C)C. The van der Waals surface area contributed by atoms with Crippen LogP contribution in [0.2, 0.25) is 0 Å². The average Bonchev–Trinajstić information content (AvgIpc) is 2.51. The highest BCUT2D eigenvalue weighted by Crippen LogP contribution is 2.26. The Kier molecular flexibility index (Phi) is 5.64. The van der Waals surface area contributed by atoms with Crippen LogP contribution in [-0.4, -0.2) is 29.4 Å². The highest BCUT2D eigenvalue weighted by molar-refractivity contribution is 5.90. The van der Waals surface area contributed by atoms with Crippen molar-refractivity contribution in [3.05, 3.63) is 29.3 Å². The number of fused-ring (bicyclic) bond motifs is 1. The van der Waals surface area contributed by atoms with Gasteiger partial charge in [0, 0.05) is 31.7 Å². The molecular weight excluding hydrogens is 290 g/mol. The number of rotatable bonds is 4. The van der Waals surface area contributed by atoms with Crippen molar-refractivity contribution in [2.24, 2.45) is 5.92 Å². The van der Waals surface area contributed by atoms with Crippen LogP contribution in [0.15, 0.2) is 18.2 Å². The lowest BCUT2D eigenvalue weighted by Gasteiger charge is -2.32. The number of anilines is 1. The molecule has 0 spiro atoms. The molecule has 1 aromatic rings. The molecule has 5 heteroatoms. The fourth-order valence-electron chi connectivity index (χ4n) is 3.08. The van der Waals surface area contributed by atoms with E-state index in [9.17, 15) is 9.59 Å². The second-order valence-corrected chi connectivity index (χ2v) is 6.50. The third kappa shape index (κ3) is 4.24. The van der Waals surface area contributed by atoms with Crippen LogP contribution in [0, 0.1) is 5.92 Å². The first kappa shape index (κ1) is 17.3. The standard InChI is InChI=1S/C18H27N3O2/c1-5-16(12(2)3)20-18(23)21-10-9-15-14(11-21)7-6-8-17(15)19-13(4)22/h6-8,12,16H,5,9-11H2,1-4H3,(H,19,22)(H,20,23). The summed E-state index contributed by atoms with van der Waals surface area (Å²) in [7, 11) is 0. The van der Waals surface area contributed by atoms with Gasteiger partial charge in [-0.05, 0) is 36.0 Å². The van der Waals surface area contributed by atoms with Crippen LogP contribution in [0.3, 0.4) is 0 Å². The molecule has 0 saturated carbocycles. The van der Waals surface area contributed by atoms with Crippen molar-refractivity contribution in [2.75, 3.05) is 11.9 Å². The van der Waals surface area contributed by atoms with E-state index in [4.69, 9.17) is 0 Å². The summed E-state index contributed by atoms with van der Waals surface area (Å²) in [6.07, 6.45) is 1.69. The van der Waals surface area contributed by atoms with E-state index in [1.807, 2.05) is 23.1 Å². The molecule has 126 valence electrons. The van der Waals surface area contributed by atoms with E-state index >= 15 is 0 Å². The van der Waals surface area contributed by atoms with Crippen LogP contribution in [0.4, 0.5) is 10.5 Å². The van der Waals surface area contributed by atoms with Crippen molar-refractivity contribution >= 4 is 17.6 Å². The Morgan fingerprint density at radius 1 is 1.30 bits per heavy atom. The number of hydrogen-bond donors (Lipinski definition) is 2. The van der Waals surface area contributed by atoms with E-state index in [0.29, 0.717) is 19.0 Å². The zero-order chi connectivity index (χ0) is 17.0. The van der Waals surface area contributed by atoms with E-state index < -0.39 is 0 Å². The van der Waals surface area contributed by atoms with Gasteiger partial charge in [-0.25, -0.2) is 4.79 Å². The number of nitrogens with zero attached hydrogens (tertiary/aromatic N) is 1. The van der Waals surface area contributed by atoms with Gasteiger partial charge in [0.15, 0.2) is 0 Å². The quantitative estimate of drug-likeness (QED) is 0.896. The number of urea groups is 1. The second-order valence-electron chi connectivity index (χ2n) is 6.50. The summed E-state index contributed by atoms with van der Waals surface area (Å²) in [4.78, 5) is 25.6. The van der Waals surface area contributed by atoms with E-state index in [-0.39, 0.29) is 18.0 Å². The molecule has 0 aliphatic carbocycles. The van der Waals surface area contributed by atoms with Crippen LogP contribution in [0.5, 0.6) is 0 Å². The summed E-state index contributed by atoms with van der Waals surface area (Å²) in [5, 5.41) is 6.01. The molecule has 0 saturated heterocycles. The van der Waals surface area contributed by atoms with Crippen LogP contribution in [0.1, 0.15) is 45.2 Å². The lowest BCUT2D eigenvalue weighted by atomic mass is 9.97. The first-order valence-corrected chi connectivity index (χ1v) is 8.36. The number of carbonyl (C=O) groups excluding carboxylic acids is 2. The largest absolute Gasteiger partial charge is 0.335 e. The van der Waals surface area contributed by atoms with E-state index in [2.05, 4.69) is 31.4 Å². The topological polar surface area (TPSA) is 61.4 Å². The zero-order valence-corrected chi connectivity index (χ0v) is 14.5. The molecule has 3 amide bonds. The highest BCUT2D eigenvalue weighted by Gasteiger charge is 2.24. The van der Waals surface area contributed by atoms with Gasteiger partial charge in [-0.3, -0.25) is 4.79 Å². The van der Waals surface area contributed by atoms with Gasteiger partial charge in [-0.15, -0.1) is 0 Å². The van der Waals surface area contributed by atoms with E-state index in [1.54, 1.807) is 0 Å². The predicted molar refractivity (Wildman–Crippen MR) is 92.3 cm³/mol. The molecule has 1 aliphatic rings. The molecule has 0 aromatic heterocycles. The lowest BCUT2D eigenvalue weighted by molar-refractivity contribution is -0.114. The molecule has 23 heavy (non-hydrogen) atoms. The van der Waals surface area contributed by atoms with Gasteiger partial charge in [0.2, 0.25) is 5.91 Å². The fourth-order valence-corrected chi connectivity index (χ4v) is 3.08. The van der Waals surface area contributed by atoms with Crippen molar-refractivity contribution in [1.29, 1.82) is 0 Å². The number of carbonyl (C=O) groups is 2. The minimum absolute atomic E-state index is 0.00105. The van der Waals surface area contributed by atoms with Gasteiger partial charge < -0.3 is 15.5 Å². The van der Waals surface area contributed by atoms with E-state index in [1.165, 1.54) is 6.92 Å². The monoisotopic (exact) mass is 317 g/mol. The first-order chi connectivity index (χ1) is 10.9. The molecule has 1 aliphatic heterocycles. The summed E-state index contributed by atoms with van der Waals surface area (Å²) in [5.41, 5.74) is 3.11. The maximum absolute atomic E-state index is 12.5. The van der Waals surface area contributed by atoms with Crippen molar-refractivity contribution in [2.45, 2.75) is 53.1 Å². The fraction of sp³-hybridized carbons (Fsp3) is 0.556. The van der Waals surface area contributed by atoms with Crippen molar-refractivity contribution in [1.82, 2.24) is 10.2 Å². The second kappa shape index (κ2) is 7.49. The van der Waals surface area contributed by atoms with Gasteiger partial charge in [0.05, 0.1) is 0 Å². The summed E-state index contributed by atoms with van der Waals surface area (Å²) in [5.74, 6) is 0.355. The first-order valence-electron chi connectivity index (χ1n) is 8.36. The van der Waals surface area contributed by atoms with E-state index in [0.717, 1.165) is 29.7 Å². The van der Waals surface area contributed by atoms with Gasteiger partial charge in [0.25, 0.3) is 0 Å². The Labute approximate surface area is 138 Å². The Morgan fingerprint density at radius 3 is 2.65 bits per heavy atom. The summed E-state index contributed by atoms with van der Waals surface area (Å²) in [6.45, 7) is 9.11. The average molecular weight is 317 g/mol. The summed E-state index contributed by atoms with van der Waals surface area (Å²) >= 11 is 0. The molecule has 0 radical (unpaired) electrons. The van der Waals surface area contributed by atoms with Gasteiger partial charge >= 0.3 is 6.03 Å². The third-order valence-corrected chi connectivity index (χ3v) is 4.42. The molecule has 1 aromatic carbocycles. The number of amides is 3. The Hall–Kier alpha value is -2.04. The highest BCUT2D eigenvalue weighted by atomic mass is 16.2. The normalized spacial score (nSPS) is 15.1. The van der Waals surface area contributed by atoms with Gasteiger partial charge in [0.1, 0.15) is 0 Å². The molecule has 1 atom stereocenters. The molecule has 0 fully saturated rings. The summed E-state index contributed by atoms with van der Waals surface area (Å²) in [6, 6.07) is 6.08. The Bertz CT molecular complexity index is 584. The Balaban J connectivity index is 2.08. The van der Waals surface area contributed by atoms with Crippen molar-refractivity contribution in [3.8, 4) is 0 Å². The lowest BCUT2D eigenvalue weighted by Crippen LogP contribution is -2.48. The smallest absolute Gasteiger partial charge is 0.317 e. The van der Waals surface area contributed by atoms with Crippen molar-refractivity contribution < 1.29 is 9.59 Å². The molecule has 0 bridgehead atoms. The zero-order valence-electron chi connectivity index (χ0n) is 14.5. The molecule has 2 rings (SSSR count). The molecule has 1 heterocycles. The van der Waals surface area contributed by atoms with Crippen LogP contribution < -0.4 is 10.6 Å². The maximum atomic E-state index is 12.5. The minimum atomic E-state index is -0.0682. The number of nitrogens with one attached hydrogen (secondary N) is 2. The minimum Gasteiger partial charge on any atom is -0.335 e. The predicted octanol–water partition coefficient (Wildman–Crippen LogP) is 3.15. The number of hydrogen-bond acceptors (Lipinski definition) is 2. The van der Waals surface area contributed by atoms with Crippen LogP contribution >= 0.6 is 0 Å². The van der Waals surface area contributed by atoms with Crippen LogP contribution in [-0.2, 0) is 17.8 Å². The molecule has 2 N–H and O–H groups in total. The molecule has 1 unspecified atom stereocenters. The Morgan fingerprint density at radius 2 is 2.04 bits per heavy atom. The molecular formula is C18H27N3O2. The number of benzene rings is 1. The van der Waals surface area contributed by atoms with Gasteiger partial charge in [-0.2, -0.15) is 0 Å². The molecule has 5 nitrogen and oxygen atoms in total. The maximum Gasteiger partial charge on any atom is 0.317 e. The third-order valence-electron chi connectivity index (χ3n) is 4.42. The van der Waals surface area contributed by atoms with Crippen LogP contribution in [0.25, 0.3) is 0 Å². The van der Waals surface area contributed by atoms with Crippen molar-refractivity contribution in [3.63, 3.8) is 0 Å². The van der Waals surface area contributed by atoms with Gasteiger partial charge in [-0.1, -0.05) is 32.9 Å². The summed E-state index contributed by atoms with van der Waals surface area (Å²) < 4.78 is 0.